The standard InChI is InChI=1S/C23H31N5O2/c1-17-21(27-20-12-8-7-11-19(20)26-17)18-15-25-28(16-18)14-10-6-5-9-13-24-22(29)30-23(2,3)4/h7-8,11-12,15-16H,5-6,9-10,13-14H2,1-4H3,(H,24,29). The zero-order valence-corrected chi connectivity index (χ0v) is 18.3. The van der Waals surface area contributed by atoms with Gasteiger partial charge in [-0.3, -0.25) is 4.68 Å². The molecule has 0 radical (unpaired) electrons. The Balaban J connectivity index is 1.41. The number of carbonyl (C=O) groups is 1. The van der Waals surface area contributed by atoms with Gasteiger partial charge in [-0.25, -0.2) is 14.8 Å². The summed E-state index contributed by atoms with van der Waals surface area (Å²) in [6.07, 6.45) is 7.66. The van der Waals surface area contributed by atoms with Crippen molar-refractivity contribution in [2.75, 3.05) is 6.54 Å². The molecule has 0 saturated heterocycles. The van der Waals surface area contributed by atoms with Gasteiger partial charge in [0.25, 0.3) is 0 Å². The average molecular weight is 410 g/mol. The van der Waals surface area contributed by atoms with Crippen molar-refractivity contribution in [3.63, 3.8) is 0 Å². The van der Waals surface area contributed by atoms with Gasteiger partial charge in [-0.05, 0) is 52.7 Å². The molecule has 7 nitrogen and oxygen atoms in total. The Morgan fingerprint density at radius 2 is 1.77 bits per heavy atom. The number of carbonyl (C=O) groups excluding carboxylic acids is 1. The van der Waals surface area contributed by atoms with Gasteiger partial charge >= 0.3 is 6.09 Å². The second-order valence-electron chi connectivity index (χ2n) is 8.48. The van der Waals surface area contributed by atoms with Gasteiger partial charge in [-0.15, -0.1) is 0 Å². The smallest absolute Gasteiger partial charge is 0.407 e. The van der Waals surface area contributed by atoms with Gasteiger partial charge in [-0.1, -0.05) is 25.0 Å². The fourth-order valence-corrected chi connectivity index (χ4v) is 3.23. The summed E-state index contributed by atoms with van der Waals surface area (Å²) in [7, 11) is 0. The number of aromatic nitrogens is 4. The van der Waals surface area contributed by atoms with Crippen LogP contribution in [0.25, 0.3) is 22.3 Å². The molecule has 1 aromatic carbocycles. The van der Waals surface area contributed by atoms with Gasteiger partial charge in [0.1, 0.15) is 5.60 Å². The summed E-state index contributed by atoms with van der Waals surface area (Å²) in [6, 6.07) is 7.91. The number of ether oxygens (including phenoxy) is 1. The van der Waals surface area contributed by atoms with Crippen LogP contribution in [0.15, 0.2) is 36.7 Å². The largest absolute Gasteiger partial charge is 0.444 e. The molecule has 0 bridgehead atoms. The number of para-hydroxylation sites is 2. The number of amides is 1. The Labute approximate surface area is 177 Å². The summed E-state index contributed by atoms with van der Waals surface area (Å²) < 4.78 is 7.19. The van der Waals surface area contributed by atoms with E-state index in [2.05, 4.69) is 15.4 Å². The second-order valence-corrected chi connectivity index (χ2v) is 8.48. The number of fused-ring (bicyclic) bond motifs is 1. The fourth-order valence-electron chi connectivity index (χ4n) is 3.23. The lowest BCUT2D eigenvalue weighted by atomic mass is 10.2. The van der Waals surface area contributed by atoms with Gasteiger partial charge in [0, 0.05) is 24.8 Å². The highest BCUT2D eigenvalue weighted by Crippen LogP contribution is 2.22. The zero-order valence-electron chi connectivity index (χ0n) is 18.3. The molecule has 0 atom stereocenters. The molecule has 0 unspecified atom stereocenters. The number of hydrogen-bond donors (Lipinski definition) is 1. The third-order valence-corrected chi connectivity index (χ3v) is 4.63. The van der Waals surface area contributed by atoms with Crippen LogP contribution in [0, 0.1) is 6.92 Å². The molecule has 2 heterocycles. The minimum absolute atomic E-state index is 0.348. The third kappa shape index (κ3) is 6.27. The normalized spacial score (nSPS) is 11.6. The maximum absolute atomic E-state index is 11.6. The molecule has 30 heavy (non-hydrogen) atoms. The zero-order chi connectivity index (χ0) is 21.6. The lowest BCUT2D eigenvalue weighted by molar-refractivity contribution is 0.0527. The highest BCUT2D eigenvalue weighted by Gasteiger charge is 2.15. The van der Waals surface area contributed by atoms with Crippen molar-refractivity contribution in [1.29, 1.82) is 0 Å². The Morgan fingerprint density at radius 1 is 1.07 bits per heavy atom. The average Bonchev–Trinajstić information content (AvgIpc) is 3.14. The monoisotopic (exact) mass is 409 g/mol. The van der Waals surface area contributed by atoms with E-state index in [1.54, 1.807) is 0 Å². The van der Waals surface area contributed by atoms with Gasteiger partial charge in [0.2, 0.25) is 0 Å². The van der Waals surface area contributed by atoms with Crippen molar-refractivity contribution >= 4 is 17.1 Å². The summed E-state index contributed by atoms with van der Waals surface area (Å²) >= 11 is 0. The SMILES string of the molecule is Cc1nc2ccccc2nc1-c1cnn(CCCCCCNC(=O)OC(C)(C)C)c1. The predicted molar refractivity (Wildman–Crippen MR) is 118 cm³/mol. The van der Waals surface area contributed by atoms with Crippen LogP contribution in [0.2, 0.25) is 0 Å². The van der Waals surface area contributed by atoms with E-state index >= 15 is 0 Å². The number of rotatable bonds is 8. The molecule has 0 fully saturated rings. The van der Waals surface area contributed by atoms with Crippen LogP contribution in [0.4, 0.5) is 4.79 Å². The molecule has 160 valence electrons. The highest BCUT2D eigenvalue weighted by molar-refractivity contribution is 5.78. The number of hydrogen-bond acceptors (Lipinski definition) is 5. The third-order valence-electron chi connectivity index (χ3n) is 4.63. The van der Waals surface area contributed by atoms with Crippen LogP contribution in [0.5, 0.6) is 0 Å². The molecule has 1 amide bonds. The molecule has 3 rings (SSSR count). The van der Waals surface area contributed by atoms with E-state index in [1.165, 1.54) is 0 Å². The number of unbranched alkanes of at least 4 members (excludes halogenated alkanes) is 3. The van der Waals surface area contributed by atoms with E-state index in [1.807, 2.05) is 69.0 Å². The molecule has 7 heteroatoms. The van der Waals surface area contributed by atoms with E-state index in [-0.39, 0.29) is 6.09 Å². The predicted octanol–water partition coefficient (Wildman–Crippen LogP) is 4.89. The Bertz CT molecular complexity index is 991. The van der Waals surface area contributed by atoms with Crippen LogP contribution in [0.3, 0.4) is 0 Å². The first kappa shape index (κ1) is 21.7. The first-order valence-corrected chi connectivity index (χ1v) is 10.5. The van der Waals surface area contributed by atoms with Gasteiger partial charge < -0.3 is 10.1 Å². The molecule has 1 N–H and O–H groups in total. The first-order chi connectivity index (χ1) is 14.3. The number of nitrogens with one attached hydrogen (secondary N) is 1. The van der Waals surface area contributed by atoms with E-state index in [0.29, 0.717) is 6.54 Å². The Hall–Kier alpha value is -2.96. The summed E-state index contributed by atoms with van der Waals surface area (Å²) in [6.45, 7) is 9.07. The van der Waals surface area contributed by atoms with E-state index in [4.69, 9.17) is 9.72 Å². The van der Waals surface area contributed by atoms with Crippen LogP contribution >= 0.6 is 0 Å². The van der Waals surface area contributed by atoms with E-state index in [0.717, 1.165) is 60.2 Å². The van der Waals surface area contributed by atoms with Crippen LogP contribution in [-0.2, 0) is 11.3 Å². The number of nitrogens with zero attached hydrogens (tertiary/aromatic N) is 4. The van der Waals surface area contributed by atoms with Crippen molar-refractivity contribution in [2.24, 2.45) is 0 Å². The van der Waals surface area contributed by atoms with Crippen molar-refractivity contribution in [1.82, 2.24) is 25.1 Å². The van der Waals surface area contributed by atoms with E-state index < -0.39 is 5.60 Å². The summed E-state index contributed by atoms with van der Waals surface area (Å²) in [5.74, 6) is 0. The molecular weight excluding hydrogens is 378 g/mol. The maximum atomic E-state index is 11.6. The van der Waals surface area contributed by atoms with Crippen molar-refractivity contribution in [3.05, 3.63) is 42.4 Å². The van der Waals surface area contributed by atoms with Crippen LogP contribution in [0.1, 0.15) is 52.1 Å². The molecule has 0 aliphatic rings. The van der Waals surface area contributed by atoms with Crippen LogP contribution in [-0.4, -0.2) is 38.0 Å². The molecule has 0 spiro atoms. The van der Waals surface area contributed by atoms with Gasteiger partial charge in [-0.2, -0.15) is 5.10 Å². The molecule has 0 saturated carbocycles. The van der Waals surface area contributed by atoms with Crippen molar-refractivity contribution in [3.8, 4) is 11.3 Å². The molecule has 0 aliphatic carbocycles. The van der Waals surface area contributed by atoms with Gasteiger partial charge in [0.15, 0.2) is 0 Å². The lowest BCUT2D eigenvalue weighted by Crippen LogP contribution is -2.32. The number of alkyl carbamates (subject to hydrolysis) is 1. The summed E-state index contributed by atoms with van der Waals surface area (Å²) in [5.41, 5.74) is 4.13. The van der Waals surface area contributed by atoms with Gasteiger partial charge in [0.05, 0.1) is 28.6 Å². The topological polar surface area (TPSA) is 81.9 Å². The summed E-state index contributed by atoms with van der Waals surface area (Å²) in [5, 5.41) is 7.28. The van der Waals surface area contributed by atoms with E-state index in [9.17, 15) is 4.79 Å². The quantitative estimate of drug-likeness (QED) is 0.536. The first-order valence-electron chi connectivity index (χ1n) is 10.5. The minimum atomic E-state index is -0.455. The van der Waals surface area contributed by atoms with Crippen molar-refractivity contribution < 1.29 is 9.53 Å². The maximum Gasteiger partial charge on any atom is 0.407 e. The Morgan fingerprint density at radius 3 is 2.50 bits per heavy atom. The molecular formula is C23H31N5O2. The molecule has 0 aliphatic heterocycles. The highest BCUT2D eigenvalue weighted by atomic mass is 16.6. The minimum Gasteiger partial charge on any atom is -0.444 e. The molecule has 2 aromatic heterocycles. The lowest BCUT2D eigenvalue weighted by Gasteiger charge is -2.19. The Kier molecular flexibility index (Phi) is 7.03. The summed E-state index contributed by atoms with van der Waals surface area (Å²) in [4.78, 5) is 21.0. The van der Waals surface area contributed by atoms with Crippen LogP contribution < -0.4 is 5.32 Å². The fraction of sp³-hybridized carbons (Fsp3) is 0.478. The molecule has 3 aromatic rings. The van der Waals surface area contributed by atoms with Crippen molar-refractivity contribution in [2.45, 2.75) is 65.5 Å². The number of benzene rings is 1. The number of aryl methyl sites for hydroxylation is 2. The second kappa shape index (κ2) is 9.69.